The Balaban J connectivity index is 2.26. The van der Waals surface area contributed by atoms with Crippen molar-refractivity contribution in [2.45, 2.75) is 6.42 Å². The Morgan fingerprint density at radius 3 is 3.06 bits per heavy atom. The molecule has 0 aliphatic carbocycles. The van der Waals surface area contributed by atoms with Crippen molar-refractivity contribution >= 4 is 23.1 Å². The van der Waals surface area contributed by atoms with Crippen molar-refractivity contribution in [3.63, 3.8) is 0 Å². The second-order valence-electron chi connectivity index (χ2n) is 3.04. The average Bonchev–Trinajstić information content (AvgIpc) is 2.29. The van der Waals surface area contributed by atoms with Crippen molar-refractivity contribution in [3.8, 4) is 0 Å². The highest BCUT2D eigenvalue weighted by Crippen LogP contribution is 2.21. The number of nitrogen functional groups attached to an aromatic ring is 1. The van der Waals surface area contributed by atoms with Crippen LogP contribution in [0, 0.1) is 0 Å². The largest absolute Gasteiger partial charge is 0.393 e. The number of ether oxygens (including phenoxy) is 1. The van der Waals surface area contributed by atoms with Crippen LogP contribution in [-0.2, 0) is 4.74 Å². The van der Waals surface area contributed by atoms with Gasteiger partial charge in [-0.2, -0.15) is 0 Å². The fraction of sp³-hybridized carbons (Fsp3) is 0.400. The molecule has 0 saturated carbocycles. The summed E-state index contributed by atoms with van der Waals surface area (Å²) in [6.45, 7) is 5.47. The smallest absolute Gasteiger partial charge is 0.157 e. The van der Waals surface area contributed by atoms with Gasteiger partial charge in [0.25, 0.3) is 0 Å². The molecular formula is C10H15ClN4O. The number of nitrogens with two attached hydrogens (primary N) is 1. The topological polar surface area (TPSA) is 73.1 Å². The molecule has 6 heteroatoms. The second kappa shape index (κ2) is 7.03. The van der Waals surface area contributed by atoms with E-state index in [1.165, 1.54) is 6.33 Å². The maximum Gasteiger partial charge on any atom is 0.157 e. The molecule has 0 radical (unpaired) electrons. The van der Waals surface area contributed by atoms with E-state index in [1.54, 1.807) is 0 Å². The number of nitrogens with zero attached hydrogens (tertiary/aromatic N) is 2. The van der Waals surface area contributed by atoms with Crippen LogP contribution < -0.4 is 11.1 Å². The van der Waals surface area contributed by atoms with E-state index in [2.05, 4.69) is 21.9 Å². The maximum absolute atomic E-state index is 5.74. The van der Waals surface area contributed by atoms with Crippen LogP contribution in [0.1, 0.15) is 6.42 Å². The number of nitrogens with one attached hydrogen (secondary N) is 1. The lowest BCUT2D eigenvalue weighted by molar-refractivity contribution is 0.149. The highest BCUT2D eigenvalue weighted by Gasteiger charge is 2.04. The van der Waals surface area contributed by atoms with Crippen LogP contribution in [0.2, 0.25) is 5.15 Å². The minimum atomic E-state index is 0.255. The molecule has 1 aromatic heterocycles. The molecule has 0 bridgehead atoms. The summed E-state index contributed by atoms with van der Waals surface area (Å²) in [7, 11) is 0. The van der Waals surface area contributed by atoms with Crippen molar-refractivity contribution < 1.29 is 4.74 Å². The van der Waals surface area contributed by atoms with Gasteiger partial charge in [0.2, 0.25) is 0 Å². The van der Waals surface area contributed by atoms with Gasteiger partial charge in [0.05, 0.1) is 13.2 Å². The Hall–Kier alpha value is -1.33. The van der Waals surface area contributed by atoms with Gasteiger partial charge in [0.15, 0.2) is 11.0 Å². The molecule has 5 nitrogen and oxygen atoms in total. The Morgan fingerprint density at radius 1 is 1.50 bits per heavy atom. The molecule has 88 valence electrons. The third-order valence-corrected chi connectivity index (χ3v) is 2.14. The standard InChI is InChI=1S/C10H15ClN4O/c1-2-3-5-16-6-4-13-10-8(12)9(11)14-7-15-10/h2,7H,1,3-6,12H2,(H,13,14,15). The Bertz CT molecular complexity index is 346. The molecule has 1 heterocycles. The number of hydrogen-bond donors (Lipinski definition) is 2. The molecule has 0 aliphatic rings. The molecule has 16 heavy (non-hydrogen) atoms. The molecule has 3 N–H and O–H groups in total. The van der Waals surface area contributed by atoms with Crippen LogP contribution in [0.5, 0.6) is 0 Å². The monoisotopic (exact) mass is 242 g/mol. The van der Waals surface area contributed by atoms with Crippen molar-refractivity contribution in [1.29, 1.82) is 0 Å². The maximum atomic E-state index is 5.74. The van der Waals surface area contributed by atoms with E-state index >= 15 is 0 Å². The third-order valence-electron chi connectivity index (χ3n) is 1.84. The van der Waals surface area contributed by atoms with E-state index in [0.717, 1.165) is 6.42 Å². The zero-order chi connectivity index (χ0) is 11.8. The van der Waals surface area contributed by atoms with Crippen LogP contribution in [0.4, 0.5) is 11.5 Å². The van der Waals surface area contributed by atoms with Crippen LogP contribution in [0.3, 0.4) is 0 Å². The van der Waals surface area contributed by atoms with E-state index in [0.29, 0.717) is 31.3 Å². The lowest BCUT2D eigenvalue weighted by Crippen LogP contribution is -2.12. The van der Waals surface area contributed by atoms with Crippen LogP contribution in [-0.4, -0.2) is 29.7 Å². The summed E-state index contributed by atoms with van der Waals surface area (Å²) < 4.78 is 5.31. The zero-order valence-electron chi connectivity index (χ0n) is 8.95. The van der Waals surface area contributed by atoms with Gasteiger partial charge >= 0.3 is 0 Å². The van der Waals surface area contributed by atoms with E-state index < -0.39 is 0 Å². The molecule has 0 aromatic carbocycles. The predicted octanol–water partition coefficient (Wildman–Crippen LogP) is 1.72. The van der Waals surface area contributed by atoms with Gasteiger partial charge in [-0.25, -0.2) is 9.97 Å². The SMILES string of the molecule is C=CCCOCCNc1ncnc(Cl)c1N. The molecule has 0 amide bonds. The van der Waals surface area contributed by atoms with Gasteiger partial charge in [-0.15, -0.1) is 6.58 Å². The summed E-state index contributed by atoms with van der Waals surface area (Å²) in [6, 6.07) is 0. The number of aromatic nitrogens is 2. The van der Waals surface area contributed by atoms with Gasteiger partial charge in [0.1, 0.15) is 12.0 Å². The predicted molar refractivity (Wildman–Crippen MR) is 65.6 cm³/mol. The summed E-state index contributed by atoms with van der Waals surface area (Å²) >= 11 is 5.74. The normalized spacial score (nSPS) is 10.1. The van der Waals surface area contributed by atoms with Gasteiger partial charge in [-0.3, -0.25) is 0 Å². The molecule has 1 rings (SSSR count). The molecular weight excluding hydrogens is 228 g/mol. The van der Waals surface area contributed by atoms with E-state index in [9.17, 15) is 0 Å². The molecule has 1 aromatic rings. The van der Waals surface area contributed by atoms with Crippen LogP contribution >= 0.6 is 11.6 Å². The Morgan fingerprint density at radius 2 is 2.31 bits per heavy atom. The molecule has 0 spiro atoms. The lowest BCUT2D eigenvalue weighted by atomic mass is 10.4. The Kier molecular flexibility index (Phi) is 5.60. The van der Waals surface area contributed by atoms with E-state index in [4.69, 9.17) is 22.1 Å². The van der Waals surface area contributed by atoms with Crippen LogP contribution in [0.15, 0.2) is 19.0 Å². The number of anilines is 2. The molecule has 0 aliphatic heterocycles. The summed E-state index contributed by atoms with van der Waals surface area (Å²) in [5.41, 5.74) is 6.03. The number of rotatable bonds is 7. The second-order valence-corrected chi connectivity index (χ2v) is 3.40. The summed E-state index contributed by atoms with van der Waals surface area (Å²) in [4.78, 5) is 7.72. The van der Waals surface area contributed by atoms with E-state index in [-0.39, 0.29) is 5.15 Å². The Labute approximate surface area is 99.7 Å². The van der Waals surface area contributed by atoms with Crippen molar-refractivity contribution in [2.24, 2.45) is 0 Å². The molecule has 0 fully saturated rings. The summed E-state index contributed by atoms with van der Waals surface area (Å²) in [5, 5.41) is 3.27. The molecule has 0 atom stereocenters. The van der Waals surface area contributed by atoms with Gasteiger partial charge < -0.3 is 15.8 Å². The lowest BCUT2D eigenvalue weighted by Gasteiger charge is -2.08. The van der Waals surface area contributed by atoms with Gasteiger partial charge in [0, 0.05) is 6.54 Å². The number of hydrogen-bond acceptors (Lipinski definition) is 5. The first-order chi connectivity index (χ1) is 7.75. The van der Waals surface area contributed by atoms with Gasteiger partial charge in [-0.05, 0) is 6.42 Å². The van der Waals surface area contributed by atoms with Crippen molar-refractivity contribution in [1.82, 2.24) is 9.97 Å². The van der Waals surface area contributed by atoms with Crippen molar-refractivity contribution in [3.05, 3.63) is 24.1 Å². The third kappa shape index (κ3) is 4.04. The molecule has 0 unspecified atom stereocenters. The summed E-state index contributed by atoms with van der Waals surface area (Å²) in [6.07, 6.45) is 4.02. The minimum absolute atomic E-state index is 0.255. The number of halogens is 1. The first-order valence-corrected chi connectivity index (χ1v) is 5.32. The highest BCUT2D eigenvalue weighted by molar-refractivity contribution is 6.32. The summed E-state index contributed by atoms with van der Waals surface area (Å²) in [5.74, 6) is 0.535. The highest BCUT2D eigenvalue weighted by atomic mass is 35.5. The fourth-order valence-corrected chi connectivity index (χ4v) is 1.16. The van der Waals surface area contributed by atoms with E-state index in [1.807, 2.05) is 6.08 Å². The van der Waals surface area contributed by atoms with Crippen molar-refractivity contribution in [2.75, 3.05) is 30.8 Å². The first kappa shape index (κ1) is 12.7. The average molecular weight is 243 g/mol. The zero-order valence-corrected chi connectivity index (χ0v) is 9.70. The quantitative estimate of drug-likeness (QED) is 0.433. The van der Waals surface area contributed by atoms with Crippen LogP contribution in [0.25, 0.3) is 0 Å². The minimum Gasteiger partial charge on any atom is -0.393 e. The van der Waals surface area contributed by atoms with Gasteiger partial charge in [-0.1, -0.05) is 17.7 Å². The fourth-order valence-electron chi connectivity index (χ4n) is 1.03. The first-order valence-electron chi connectivity index (χ1n) is 4.94. The molecule has 0 saturated heterocycles.